The average molecular weight is 419 g/mol. The first-order valence-electron chi connectivity index (χ1n) is 10.00. The second-order valence-electron chi connectivity index (χ2n) is 6.76. The molecule has 0 heterocycles. The fraction of sp³-hybridized carbons (Fsp3) is 0.200. The highest BCUT2D eigenvalue weighted by atomic mass is 16.5. The predicted octanol–water partition coefficient (Wildman–Crippen LogP) is 4.73. The van der Waals surface area contributed by atoms with E-state index in [0.29, 0.717) is 29.2 Å². The summed E-state index contributed by atoms with van der Waals surface area (Å²) in [5.41, 5.74) is 1.51. The van der Waals surface area contributed by atoms with Crippen LogP contribution in [0.25, 0.3) is 0 Å². The minimum absolute atomic E-state index is 0.197. The number of hydrogen-bond acceptors (Lipinski definition) is 5. The fourth-order valence-corrected chi connectivity index (χ4v) is 2.95. The van der Waals surface area contributed by atoms with Crippen molar-refractivity contribution in [2.75, 3.05) is 19.0 Å². The maximum Gasteiger partial charge on any atom is 0.265 e. The first kappa shape index (κ1) is 21.9. The van der Waals surface area contributed by atoms with Crippen molar-refractivity contribution in [3.8, 4) is 17.2 Å². The lowest BCUT2D eigenvalue weighted by Crippen LogP contribution is -2.30. The highest BCUT2D eigenvalue weighted by Gasteiger charge is 2.21. The number of nitrogens with one attached hydrogen (secondary N) is 1. The standard InChI is InChI=1S/C25H25NO5/c1-4-30-20-12-10-19(11-13-20)26-25(28)17(2)31-23-16-21(29-3)14-15-22(23)24(27)18-8-6-5-7-9-18/h5-17H,4H2,1-3H3,(H,26,28). The van der Waals surface area contributed by atoms with Gasteiger partial charge in [-0.1, -0.05) is 30.3 Å². The van der Waals surface area contributed by atoms with Crippen molar-refractivity contribution < 1.29 is 23.8 Å². The number of carbonyl (C=O) groups is 2. The van der Waals surface area contributed by atoms with Crippen LogP contribution in [0.5, 0.6) is 17.2 Å². The molecule has 3 aromatic carbocycles. The molecule has 0 aromatic heterocycles. The normalized spacial score (nSPS) is 11.3. The van der Waals surface area contributed by atoms with E-state index in [1.807, 2.05) is 13.0 Å². The third-order valence-electron chi connectivity index (χ3n) is 4.58. The van der Waals surface area contributed by atoms with E-state index in [1.54, 1.807) is 73.7 Å². The van der Waals surface area contributed by atoms with E-state index in [9.17, 15) is 9.59 Å². The highest BCUT2D eigenvalue weighted by molar-refractivity contribution is 6.10. The molecule has 6 nitrogen and oxygen atoms in total. The van der Waals surface area contributed by atoms with Crippen LogP contribution in [0.4, 0.5) is 5.69 Å². The molecule has 0 saturated carbocycles. The van der Waals surface area contributed by atoms with Crippen molar-refractivity contribution in [2.24, 2.45) is 0 Å². The monoisotopic (exact) mass is 419 g/mol. The van der Waals surface area contributed by atoms with Crippen molar-refractivity contribution in [2.45, 2.75) is 20.0 Å². The van der Waals surface area contributed by atoms with E-state index in [-0.39, 0.29) is 17.4 Å². The third-order valence-corrected chi connectivity index (χ3v) is 4.58. The highest BCUT2D eigenvalue weighted by Crippen LogP contribution is 2.28. The quantitative estimate of drug-likeness (QED) is 0.508. The second-order valence-corrected chi connectivity index (χ2v) is 6.76. The largest absolute Gasteiger partial charge is 0.497 e. The minimum atomic E-state index is -0.846. The zero-order chi connectivity index (χ0) is 22.2. The molecular weight excluding hydrogens is 394 g/mol. The van der Waals surface area contributed by atoms with Crippen LogP contribution in [0.2, 0.25) is 0 Å². The van der Waals surface area contributed by atoms with Gasteiger partial charge in [-0.15, -0.1) is 0 Å². The average Bonchev–Trinajstić information content (AvgIpc) is 2.80. The van der Waals surface area contributed by atoms with Crippen LogP contribution in [-0.4, -0.2) is 31.5 Å². The molecule has 0 fully saturated rings. The molecule has 3 aromatic rings. The molecular formula is C25H25NO5. The van der Waals surface area contributed by atoms with E-state index in [2.05, 4.69) is 5.32 Å². The van der Waals surface area contributed by atoms with Gasteiger partial charge in [-0.3, -0.25) is 9.59 Å². The van der Waals surface area contributed by atoms with Crippen LogP contribution in [0.15, 0.2) is 72.8 Å². The molecule has 1 amide bonds. The predicted molar refractivity (Wildman–Crippen MR) is 119 cm³/mol. The SMILES string of the molecule is CCOc1ccc(NC(=O)C(C)Oc2cc(OC)ccc2C(=O)c2ccccc2)cc1. The summed E-state index contributed by atoms with van der Waals surface area (Å²) in [4.78, 5) is 25.6. The number of ether oxygens (including phenoxy) is 3. The van der Waals surface area contributed by atoms with Gasteiger partial charge in [0.25, 0.3) is 5.91 Å². The van der Waals surface area contributed by atoms with Gasteiger partial charge in [-0.05, 0) is 50.2 Å². The van der Waals surface area contributed by atoms with Crippen LogP contribution in [-0.2, 0) is 4.79 Å². The molecule has 6 heteroatoms. The van der Waals surface area contributed by atoms with Crippen LogP contribution in [0.3, 0.4) is 0 Å². The summed E-state index contributed by atoms with van der Waals surface area (Å²) in [6, 6.07) is 20.9. The molecule has 0 aliphatic rings. The zero-order valence-corrected chi connectivity index (χ0v) is 17.8. The molecule has 0 aliphatic carbocycles. The smallest absolute Gasteiger partial charge is 0.265 e. The Bertz CT molecular complexity index is 1030. The molecule has 0 aliphatic heterocycles. The number of ketones is 1. The lowest BCUT2D eigenvalue weighted by molar-refractivity contribution is -0.122. The van der Waals surface area contributed by atoms with Crippen LogP contribution >= 0.6 is 0 Å². The Kier molecular flexibility index (Phi) is 7.27. The van der Waals surface area contributed by atoms with Gasteiger partial charge in [0.05, 0.1) is 19.3 Å². The number of rotatable bonds is 9. The Morgan fingerprint density at radius 2 is 1.61 bits per heavy atom. The maximum absolute atomic E-state index is 13.0. The van der Waals surface area contributed by atoms with Gasteiger partial charge in [0.2, 0.25) is 0 Å². The van der Waals surface area contributed by atoms with Gasteiger partial charge in [-0.25, -0.2) is 0 Å². The number of carbonyl (C=O) groups excluding carboxylic acids is 2. The Morgan fingerprint density at radius 1 is 0.935 bits per heavy atom. The van der Waals surface area contributed by atoms with Crippen LogP contribution < -0.4 is 19.5 Å². The summed E-state index contributed by atoms with van der Waals surface area (Å²) in [6.07, 6.45) is -0.846. The van der Waals surface area contributed by atoms with Gasteiger partial charge in [0.15, 0.2) is 11.9 Å². The van der Waals surface area contributed by atoms with Crippen molar-refractivity contribution in [1.29, 1.82) is 0 Å². The van der Waals surface area contributed by atoms with E-state index in [1.165, 1.54) is 7.11 Å². The number of anilines is 1. The number of amides is 1. The summed E-state index contributed by atoms with van der Waals surface area (Å²) in [7, 11) is 1.53. The van der Waals surface area contributed by atoms with Gasteiger partial charge < -0.3 is 19.5 Å². The van der Waals surface area contributed by atoms with Crippen molar-refractivity contribution >= 4 is 17.4 Å². The van der Waals surface area contributed by atoms with E-state index in [4.69, 9.17) is 14.2 Å². The van der Waals surface area contributed by atoms with Crippen molar-refractivity contribution in [3.63, 3.8) is 0 Å². The molecule has 160 valence electrons. The van der Waals surface area contributed by atoms with Gasteiger partial charge in [-0.2, -0.15) is 0 Å². The lowest BCUT2D eigenvalue weighted by Gasteiger charge is -2.18. The molecule has 3 rings (SSSR count). The third kappa shape index (κ3) is 5.63. The molecule has 0 saturated heterocycles. The molecule has 1 unspecified atom stereocenters. The number of hydrogen-bond donors (Lipinski definition) is 1. The van der Waals surface area contributed by atoms with Crippen molar-refractivity contribution in [1.82, 2.24) is 0 Å². The second kappa shape index (κ2) is 10.3. The first-order chi connectivity index (χ1) is 15.0. The van der Waals surface area contributed by atoms with E-state index in [0.717, 1.165) is 5.75 Å². The molecule has 0 radical (unpaired) electrons. The molecule has 0 spiro atoms. The van der Waals surface area contributed by atoms with Gasteiger partial charge in [0.1, 0.15) is 17.2 Å². The molecule has 1 atom stereocenters. The summed E-state index contributed by atoms with van der Waals surface area (Å²) >= 11 is 0. The van der Waals surface area contributed by atoms with E-state index < -0.39 is 6.10 Å². The summed E-state index contributed by atoms with van der Waals surface area (Å²) < 4.78 is 16.6. The van der Waals surface area contributed by atoms with Crippen LogP contribution in [0.1, 0.15) is 29.8 Å². The Morgan fingerprint density at radius 3 is 2.26 bits per heavy atom. The molecule has 31 heavy (non-hydrogen) atoms. The number of benzene rings is 3. The Labute approximate surface area is 181 Å². The Balaban J connectivity index is 1.77. The summed E-state index contributed by atoms with van der Waals surface area (Å²) in [5.74, 6) is 0.994. The van der Waals surface area contributed by atoms with Gasteiger partial charge >= 0.3 is 0 Å². The zero-order valence-electron chi connectivity index (χ0n) is 17.8. The molecule has 1 N–H and O–H groups in total. The Hall–Kier alpha value is -3.80. The molecule has 0 bridgehead atoms. The summed E-state index contributed by atoms with van der Waals surface area (Å²) in [6.45, 7) is 4.10. The topological polar surface area (TPSA) is 73.9 Å². The fourth-order valence-electron chi connectivity index (χ4n) is 2.95. The number of methoxy groups -OCH3 is 1. The van der Waals surface area contributed by atoms with Crippen molar-refractivity contribution in [3.05, 3.63) is 83.9 Å². The lowest BCUT2D eigenvalue weighted by atomic mass is 10.0. The maximum atomic E-state index is 13.0. The summed E-state index contributed by atoms with van der Waals surface area (Å²) in [5, 5.41) is 2.80. The van der Waals surface area contributed by atoms with E-state index >= 15 is 0 Å². The van der Waals surface area contributed by atoms with Gasteiger partial charge in [0, 0.05) is 17.3 Å². The minimum Gasteiger partial charge on any atom is -0.497 e. The first-order valence-corrected chi connectivity index (χ1v) is 10.00. The van der Waals surface area contributed by atoms with Crippen LogP contribution in [0, 0.1) is 0 Å².